The Hall–Kier alpha value is -1.84. The van der Waals surface area contributed by atoms with Crippen LogP contribution in [0.2, 0.25) is 0 Å². The summed E-state index contributed by atoms with van der Waals surface area (Å²) >= 11 is 0. The molecule has 3 heteroatoms. The van der Waals surface area contributed by atoms with E-state index in [-0.39, 0.29) is 11.4 Å². The van der Waals surface area contributed by atoms with Gasteiger partial charge in [-0.15, -0.1) is 0 Å². The summed E-state index contributed by atoms with van der Waals surface area (Å²) in [7, 11) is 0. The zero-order valence-electron chi connectivity index (χ0n) is 15.1. The van der Waals surface area contributed by atoms with Crippen molar-refractivity contribution in [3.8, 4) is 5.75 Å². The first-order valence-corrected chi connectivity index (χ1v) is 10.1. The Balaban J connectivity index is 1.59. The van der Waals surface area contributed by atoms with Gasteiger partial charge in [-0.2, -0.15) is 0 Å². The topological polar surface area (TPSA) is 21.7 Å². The van der Waals surface area contributed by atoms with E-state index in [0.29, 0.717) is 11.8 Å². The fourth-order valence-electron chi connectivity index (χ4n) is 6.31. The van der Waals surface area contributed by atoms with E-state index in [2.05, 4.69) is 59.5 Å². The maximum atomic E-state index is 6.90. The van der Waals surface area contributed by atoms with Crippen LogP contribution in [0.4, 0.5) is 0 Å². The quantitative estimate of drug-likeness (QED) is 0.750. The van der Waals surface area contributed by atoms with Gasteiger partial charge in [-0.3, -0.25) is 0 Å². The van der Waals surface area contributed by atoms with Gasteiger partial charge >= 0.3 is 0 Å². The largest absolute Gasteiger partial charge is 0.472 e. The molecule has 2 aromatic rings. The van der Waals surface area contributed by atoms with Crippen LogP contribution < -0.4 is 4.74 Å². The van der Waals surface area contributed by atoms with Gasteiger partial charge in [0.2, 0.25) is 0 Å². The summed E-state index contributed by atoms with van der Waals surface area (Å²) in [5, 5.41) is 0. The first-order chi connectivity index (χ1) is 12.8. The van der Waals surface area contributed by atoms with Crippen molar-refractivity contribution >= 4 is 0 Å². The Morgan fingerprint density at radius 2 is 1.81 bits per heavy atom. The lowest BCUT2D eigenvalue weighted by atomic mass is 9.62. The number of ether oxygens (including phenoxy) is 2. The molecule has 4 aliphatic rings. The molecule has 1 spiro atoms. The molecule has 2 saturated heterocycles. The highest BCUT2D eigenvalue weighted by Gasteiger charge is 2.67. The lowest BCUT2D eigenvalue weighted by Crippen LogP contribution is -2.71. The summed E-state index contributed by atoms with van der Waals surface area (Å²) in [6, 6.07) is 19.7. The molecule has 3 aliphatic heterocycles. The molecule has 0 unspecified atom stereocenters. The van der Waals surface area contributed by atoms with E-state index >= 15 is 0 Å². The van der Waals surface area contributed by atoms with E-state index < -0.39 is 0 Å². The van der Waals surface area contributed by atoms with Crippen molar-refractivity contribution in [3.05, 3.63) is 65.7 Å². The van der Waals surface area contributed by atoms with E-state index in [4.69, 9.17) is 9.47 Å². The van der Waals surface area contributed by atoms with Crippen molar-refractivity contribution in [1.82, 2.24) is 4.90 Å². The zero-order chi connectivity index (χ0) is 17.2. The monoisotopic (exact) mass is 347 g/mol. The van der Waals surface area contributed by atoms with Crippen molar-refractivity contribution in [2.75, 3.05) is 13.2 Å². The fourth-order valence-corrected chi connectivity index (χ4v) is 6.31. The average Bonchev–Trinajstić information content (AvgIpc) is 3.15. The van der Waals surface area contributed by atoms with Gasteiger partial charge in [-0.05, 0) is 30.4 Å². The molecule has 2 bridgehead atoms. The van der Waals surface area contributed by atoms with Crippen molar-refractivity contribution < 1.29 is 9.47 Å². The Morgan fingerprint density at radius 1 is 0.962 bits per heavy atom. The maximum absolute atomic E-state index is 6.90. The second-order valence-electron chi connectivity index (χ2n) is 8.30. The number of nitrogens with zero attached hydrogens (tertiary/aromatic N) is 1. The molecule has 2 aromatic carbocycles. The maximum Gasteiger partial charge on any atom is 0.169 e. The first-order valence-electron chi connectivity index (χ1n) is 10.1. The standard InChI is InChI=1S/C23H25NO2/c1-2-8-17(9-3-1)18-16-23-20-11-4-5-12-21(20)26-22(24(23)14-15-25-23)13-7-6-10-19(18)22/h1-5,8-9,11-12,18-19H,6-7,10,13-16H2/t18-,19-,22+,23-/m1/s1. The second kappa shape index (κ2) is 5.34. The van der Waals surface area contributed by atoms with Crippen molar-refractivity contribution in [2.45, 2.75) is 49.5 Å². The van der Waals surface area contributed by atoms with Crippen LogP contribution in [-0.4, -0.2) is 23.8 Å². The number of hydrogen-bond acceptors (Lipinski definition) is 3. The fraction of sp³-hybridized carbons (Fsp3) is 0.478. The van der Waals surface area contributed by atoms with Crippen LogP contribution in [0.1, 0.15) is 49.1 Å². The van der Waals surface area contributed by atoms with E-state index in [1.807, 2.05) is 0 Å². The summed E-state index contributed by atoms with van der Waals surface area (Å²) in [5.41, 5.74) is 2.15. The molecular formula is C23H25NO2. The van der Waals surface area contributed by atoms with Crippen LogP contribution in [0, 0.1) is 5.92 Å². The number of hydrogen-bond donors (Lipinski definition) is 0. The average molecular weight is 347 g/mol. The van der Waals surface area contributed by atoms with Crippen LogP contribution in [0.15, 0.2) is 54.6 Å². The van der Waals surface area contributed by atoms with E-state index in [9.17, 15) is 0 Å². The Bertz CT molecular complexity index is 837. The van der Waals surface area contributed by atoms with Gasteiger partial charge in [0.25, 0.3) is 0 Å². The van der Waals surface area contributed by atoms with E-state index in [1.165, 1.54) is 30.4 Å². The highest BCUT2D eigenvalue weighted by atomic mass is 16.6. The van der Waals surface area contributed by atoms with Crippen molar-refractivity contribution in [1.29, 1.82) is 0 Å². The lowest BCUT2D eigenvalue weighted by molar-refractivity contribution is -0.281. The summed E-state index contributed by atoms with van der Waals surface area (Å²) < 4.78 is 13.5. The molecule has 6 rings (SSSR count). The van der Waals surface area contributed by atoms with Gasteiger partial charge < -0.3 is 9.47 Å². The van der Waals surface area contributed by atoms with Crippen LogP contribution in [-0.2, 0) is 10.5 Å². The molecule has 0 radical (unpaired) electrons. The highest BCUT2D eigenvalue weighted by Crippen LogP contribution is 2.64. The number of para-hydroxylation sites is 1. The van der Waals surface area contributed by atoms with Crippen LogP contribution in [0.25, 0.3) is 0 Å². The SMILES string of the molecule is c1ccc([C@H]2C[C@]34OCCN3[C@@]3(CCCC[C@H]23)Oc2ccccc24)cc1. The van der Waals surface area contributed by atoms with E-state index in [0.717, 1.165) is 31.7 Å². The summed E-state index contributed by atoms with van der Waals surface area (Å²) in [5.74, 6) is 2.06. The minimum atomic E-state index is -0.316. The van der Waals surface area contributed by atoms with Crippen molar-refractivity contribution in [2.24, 2.45) is 5.92 Å². The molecule has 134 valence electrons. The van der Waals surface area contributed by atoms with Crippen LogP contribution in [0.3, 0.4) is 0 Å². The lowest BCUT2D eigenvalue weighted by Gasteiger charge is -2.63. The third kappa shape index (κ3) is 1.80. The molecule has 3 heterocycles. The smallest absolute Gasteiger partial charge is 0.169 e. The van der Waals surface area contributed by atoms with Gasteiger partial charge in [-0.25, -0.2) is 4.90 Å². The Labute approximate surface area is 154 Å². The minimum Gasteiger partial charge on any atom is -0.472 e. The predicted molar refractivity (Wildman–Crippen MR) is 99.9 cm³/mol. The van der Waals surface area contributed by atoms with Crippen molar-refractivity contribution in [3.63, 3.8) is 0 Å². The summed E-state index contributed by atoms with van der Waals surface area (Å²) in [6.45, 7) is 1.78. The van der Waals surface area contributed by atoms with Gasteiger partial charge in [0.05, 0.1) is 6.61 Å². The highest BCUT2D eigenvalue weighted by molar-refractivity contribution is 5.44. The predicted octanol–water partition coefficient (Wildman–Crippen LogP) is 4.64. The normalized spacial score (nSPS) is 38.0. The summed E-state index contributed by atoms with van der Waals surface area (Å²) in [6.07, 6.45) is 5.94. The Kier molecular flexibility index (Phi) is 3.13. The van der Waals surface area contributed by atoms with Gasteiger partial charge in [0.1, 0.15) is 5.75 Å². The molecule has 4 atom stereocenters. The first kappa shape index (κ1) is 15.2. The second-order valence-corrected chi connectivity index (χ2v) is 8.30. The number of benzene rings is 2. The number of rotatable bonds is 1. The third-order valence-electron chi connectivity index (χ3n) is 7.23. The molecule has 3 fully saturated rings. The van der Waals surface area contributed by atoms with Gasteiger partial charge in [-0.1, -0.05) is 55.0 Å². The Morgan fingerprint density at radius 3 is 2.73 bits per heavy atom. The number of piperidine rings is 1. The van der Waals surface area contributed by atoms with E-state index in [1.54, 1.807) is 0 Å². The molecule has 1 aliphatic carbocycles. The molecule has 26 heavy (non-hydrogen) atoms. The van der Waals surface area contributed by atoms with Crippen LogP contribution in [0.5, 0.6) is 5.75 Å². The number of fused-ring (bicyclic) bond motifs is 1. The molecule has 0 N–H and O–H groups in total. The molecule has 1 saturated carbocycles. The van der Waals surface area contributed by atoms with Gasteiger partial charge in [0, 0.05) is 30.9 Å². The molecule has 3 nitrogen and oxygen atoms in total. The molecule has 0 amide bonds. The molecule has 0 aromatic heterocycles. The van der Waals surface area contributed by atoms with Gasteiger partial charge in [0.15, 0.2) is 11.4 Å². The minimum absolute atomic E-state index is 0.206. The van der Waals surface area contributed by atoms with Crippen LogP contribution >= 0.6 is 0 Å². The zero-order valence-corrected chi connectivity index (χ0v) is 15.1. The summed E-state index contributed by atoms with van der Waals surface area (Å²) in [4.78, 5) is 2.60. The molecular weight excluding hydrogens is 322 g/mol. The third-order valence-corrected chi connectivity index (χ3v) is 7.23.